The van der Waals surface area contributed by atoms with Gasteiger partial charge in [0, 0.05) is 23.2 Å². The number of aromatic carboxylic acids is 1. The van der Waals surface area contributed by atoms with E-state index in [1.54, 1.807) is 43.5 Å². The van der Waals surface area contributed by atoms with Crippen LogP contribution in [0.3, 0.4) is 0 Å². The van der Waals surface area contributed by atoms with Crippen molar-refractivity contribution in [3.8, 4) is 5.75 Å². The van der Waals surface area contributed by atoms with E-state index in [0.29, 0.717) is 22.9 Å². The summed E-state index contributed by atoms with van der Waals surface area (Å²) in [6.45, 7) is 0.301. The summed E-state index contributed by atoms with van der Waals surface area (Å²) in [7, 11) is 1.54. The third-order valence-corrected chi connectivity index (χ3v) is 3.51. The molecule has 5 nitrogen and oxygen atoms in total. The van der Waals surface area contributed by atoms with E-state index in [4.69, 9.17) is 21.4 Å². The Morgan fingerprint density at radius 3 is 2.54 bits per heavy atom. The molecule has 0 bridgehead atoms. The number of hydrogen-bond donors (Lipinski definition) is 2. The summed E-state index contributed by atoms with van der Waals surface area (Å²) in [4.78, 5) is 22.7. The molecule has 1 amide bonds. The van der Waals surface area contributed by atoms with E-state index in [-0.39, 0.29) is 11.5 Å². The number of carboxylic acid groups (broad SMARTS) is 1. The monoisotopic (exact) mass is 345 g/mol. The molecule has 0 aliphatic rings. The van der Waals surface area contributed by atoms with E-state index in [2.05, 4.69) is 5.32 Å². The van der Waals surface area contributed by atoms with E-state index in [9.17, 15) is 9.59 Å². The molecule has 0 aromatic heterocycles. The molecule has 0 atom stereocenters. The normalized spacial score (nSPS) is 10.6. The third kappa shape index (κ3) is 4.86. The average Bonchev–Trinajstić information content (AvgIpc) is 2.58. The molecule has 0 aliphatic heterocycles. The fraction of sp³-hybridized carbons (Fsp3) is 0.111. The van der Waals surface area contributed by atoms with Crippen LogP contribution in [-0.2, 0) is 11.3 Å². The topological polar surface area (TPSA) is 75.6 Å². The average molecular weight is 346 g/mol. The maximum atomic E-state index is 11.9. The fourth-order valence-electron chi connectivity index (χ4n) is 2.01. The first-order valence-corrected chi connectivity index (χ1v) is 7.49. The number of carbonyl (C=O) groups is 2. The molecule has 2 rings (SSSR count). The second-order valence-electron chi connectivity index (χ2n) is 4.94. The Labute approximate surface area is 144 Å². The van der Waals surface area contributed by atoms with Gasteiger partial charge in [0.05, 0.1) is 12.7 Å². The van der Waals surface area contributed by atoms with Crippen LogP contribution in [0.4, 0.5) is 0 Å². The lowest BCUT2D eigenvalue weighted by atomic mass is 10.1. The zero-order valence-electron chi connectivity index (χ0n) is 13.0. The fourth-order valence-corrected chi connectivity index (χ4v) is 2.19. The Bertz CT molecular complexity index is 769. The molecular weight excluding hydrogens is 330 g/mol. The Balaban J connectivity index is 1.96. The molecule has 6 heteroatoms. The van der Waals surface area contributed by atoms with Crippen LogP contribution in [0.5, 0.6) is 5.75 Å². The zero-order chi connectivity index (χ0) is 17.5. The van der Waals surface area contributed by atoms with E-state index in [1.807, 2.05) is 0 Å². The molecule has 0 heterocycles. The smallest absolute Gasteiger partial charge is 0.335 e. The molecule has 0 aliphatic carbocycles. The van der Waals surface area contributed by atoms with Crippen molar-refractivity contribution in [2.75, 3.05) is 7.11 Å². The maximum Gasteiger partial charge on any atom is 0.335 e. The van der Waals surface area contributed by atoms with Gasteiger partial charge in [-0.2, -0.15) is 0 Å². The number of hydrogen-bond acceptors (Lipinski definition) is 3. The van der Waals surface area contributed by atoms with Crippen LogP contribution in [0.1, 0.15) is 21.5 Å². The highest BCUT2D eigenvalue weighted by Gasteiger charge is 2.04. The summed E-state index contributed by atoms with van der Waals surface area (Å²) < 4.78 is 5.20. The molecule has 0 unspecified atom stereocenters. The first-order valence-electron chi connectivity index (χ1n) is 7.11. The van der Waals surface area contributed by atoms with Crippen molar-refractivity contribution < 1.29 is 19.4 Å². The summed E-state index contributed by atoms with van der Waals surface area (Å²) in [5, 5.41) is 12.1. The van der Waals surface area contributed by atoms with Gasteiger partial charge in [-0.3, -0.25) is 4.79 Å². The van der Waals surface area contributed by atoms with Gasteiger partial charge in [0.15, 0.2) is 0 Å². The van der Waals surface area contributed by atoms with Gasteiger partial charge in [-0.1, -0.05) is 23.7 Å². The number of ether oxygens (including phenoxy) is 1. The van der Waals surface area contributed by atoms with E-state index in [0.717, 1.165) is 5.56 Å². The van der Waals surface area contributed by atoms with Gasteiger partial charge in [0.25, 0.3) is 0 Å². The highest BCUT2D eigenvalue weighted by atomic mass is 35.5. The lowest BCUT2D eigenvalue weighted by Crippen LogP contribution is -2.20. The minimum Gasteiger partial charge on any atom is -0.496 e. The molecule has 0 spiro atoms. The van der Waals surface area contributed by atoms with Crippen LogP contribution in [0.2, 0.25) is 5.02 Å². The molecular formula is C18H16ClNO4. The standard InChI is InChI=1S/C18H16ClNO4/c1-24-16-8-7-15(19)10-14(16)6-9-17(21)20-11-12-2-4-13(5-3-12)18(22)23/h2-10H,11H2,1H3,(H,20,21)(H,22,23)/b9-6+. The number of methoxy groups -OCH3 is 1. The predicted molar refractivity (Wildman–Crippen MR) is 92.3 cm³/mol. The van der Waals surface area contributed by atoms with Crippen LogP contribution in [-0.4, -0.2) is 24.1 Å². The Kier molecular flexibility index (Phi) is 5.98. The van der Waals surface area contributed by atoms with Crippen LogP contribution >= 0.6 is 11.6 Å². The molecule has 2 N–H and O–H groups in total. The van der Waals surface area contributed by atoms with Gasteiger partial charge in [-0.25, -0.2) is 4.79 Å². The predicted octanol–water partition coefficient (Wildman–Crippen LogP) is 3.38. The molecule has 2 aromatic rings. The number of carboxylic acids is 1. The van der Waals surface area contributed by atoms with Crippen molar-refractivity contribution in [1.29, 1.82) is 0 Å². The second kappa shape index (κ2) is 8.17. The Morgan fingerprint density at radius 2 is 1.92 bits per heavy atom. The lowest BCUT2D eigenvalue weighted by molar-refractivity contribution is -0.116. The van der Waals surface area contributed by atoms with E-state index in [1.165, 1.54) is 18.2 Å². The largest absolute Gasteiger partial charge is 0.496 e. The first-order chi connectivity index (χ1) is 11.5. The van der Waals surface area contributed by atoms with Gasteiger partial charge < -0.3 is 15.2 Å². The van der Waals surface area contributed by atoms with Crippen LogP contribution in [0, 0.1) is 0 Å². The van der Waals surface area contributed by atoms with E-state index < -0.39 is 5.97 Å². The summed E-state index contributed by atoms with van der Waals surface area (Å²) in [5.41, 5.74) is 1.71. The maximum absolute atomic E-state index is 11.9. The van der Waals surface area contributed by atoms with Gasteiger partial charge in [-0.15, -0.1) is 0 Å². The number of rotatable bonds is 6. The number of amides is 1. The highest BCUT2D eigenvalue weighted by molar-refractivity contribution is 6.30. The quantitative estimate of drug-likeness (QED) is 0.787. The highest BCUT2D eigenvalue weighted by Crippen LogP contribution is 2.23. The van der Waals surface area contributed by atoms with Gasteiger partial charge in [0.2, 0.25) is 5.91 Å². The number of benzene rings is 2. The van der Waals surface area contributed by atoms with Crippen LogP contribution in [0.25, 0.3) is 6.08 Å². The van der Waals surface area contributed by atoms with Crippen molar-refractivity contribution in [2.45, 2.75) is 6.54 Å². The molecule has 0 saturated heterocycles. The SMILES string of the molecule is COc1ccc(Cl)cc1/C=C/C(=O)NCc1ccc(C(=O)O)cc1. The third-order valence-electron chi connectivity index (χ3n) is 3.27. The van der Waals surface area contributed by atoms with Gasteiger partial charge in [-0.05, 0) is 42.0 Å². The number of carbonyl (C=O) groups excluding carboxylic acids is 1. The minimum atomic E-state index is -0.982. The van der Waals surface area contributed by atoms with Crippen molar-refractivity contribution in [2.24, 2.45) is 0 Å². The Morgan fingerprint density at radius 1 is 1.21 bits per heavy atom. The Hall–Kier alpha value is -2.79. The van der Waals surface area contributed by atoms with Crippen LogP contribution in [0.15, 0.2) is 48.5 Å². The van der Waals surface area contributed by atoms with Crippen molar-refractivity contribution in [1.82, 2.24) is 5.32 Å². The lowest BCUT2D eigenvalue weighted by Gasteiger charge is -2.05. The van der Waals surface area contributed by atoms with Crippen molar-refractivity contribution in [3.63, 3.8) is 0 Å². The van der Waals surface area contributed by atoms with Gasteiger partial charge >= 0.3 is 5.97 Å². The number of halogens is 1. The van der Waals surface area contributed by atoms with Crippen molar-refractivity contribution >= 4 is 29.6 Å². The molecule has 124 valence electrons. The minimum absolute atomic E-state index is 0.207. The summed E-state index contributed by atoms with van der Waals surface area (Å²) in [6, 6.07) is 11.4. The van der Waals surface area contributed by atoms with Crippen LogP contribution < -0.4 is 10.1 Å². The first kappa shape index (κ1) is 17.6. The summed E-state index contributed by atoms with van der Waals surface area (Å²) >= 11 is 5.93. The molecule has 24 heavy (non-hydrogen) atoms. The van der Waals surface area contributed by atoms with Crippen molar-refractivity contribution in [3.05, 3.63) is 70.3 Å². The zero-order valence-corrected chi connectivity index (χ0v) is 13.7. The molecule has 2 aromatic carbocycles. The van der Waals surface area contributed by atoms with E-state index >= 15 is 0 Å². The molecule has 0 fully saturated rings. The van der Waals surface area contributed by atoms with Gasteiger partial charge in [0.1, 0.15) is 5.75 Å². The molecule has 0 radical (unpaired) electrons. The number of nitrogens with one attached hydrogen (secondary N) is 1. The summed E-state index contributed by atoms with van der Waals surface area (Å²) in [6.07, 6.45) is 3.01. The molecule has 0 saturated carbocycles. The summed E-state index contributed by atoms with van der Waals surface area (Å²) in [5.74, 6) is -0.643. The second-order valence-corrected chi connectivity index (χ2v) is 5.38.